The highest BCUT2D eigenvalue weighted by molar-refractivity contribution is 5.98. The number of aliphatic hydroxyl groups excluding tert-OH is 2. The second-order valence-electron chi connectivity index (χ2n) is 5.39. The number of hydroxylamine groups is 1. The summed E-state index contributed by atoms with van der Waals surface area (Å²) in [5.41, 5.74) is 2.93. The van der Waals surface area contributed by atoms with Crippen LogP contribution in [0.3, 0.4) is 0 Å². The third-order valence-electron chi connectivity index (χ3n) is 3.28. The normalized spacial score (nSPS) is 11.5. The van der Waals surface area contributed by atoms with Crippen molar-refractivity contribution >= 4 is 17.4 Å². The number of aromatic nitrogens is 1. The fraction of sp³-hybridized carbons (Fsp3) is 0.235. The van der Waals surface area contributed by atoms with Crippen molar-refractivity contribution in [2.75, 3.05) is 18.5 Å². The van der Waals surface area contributed by atoms with Crippen LogP contribution in [-0.2, 0) is 4.84 Å². The van der Waals surface area contributed by atoms with Gasteiger partial charge in [-0.15, -0.1) is 0 Å². The lowest BCUT2D eigenvalue weighted by Gasteiger charge is -2.13. The maximum atomic E-state index is 14.0. The predicted molar refractivity (Wildman–Crippen MR) is 89.9 cm³/mol. The van der Waals surface area contributed by atoms with Gasteiger partial charge in [-0.2, -0.15) is 5.26 Å². The van der Waals surface area contributed by atoms with Crippen LogP contribution in [0.5, 0.6) is 0 Å². The van der Waals surface area contributed by atoms with Crippen LogP contribution in [-0.4, -0.2) is 40.4 Å². The van der Waals surface area contributed by atoms with E-state index in [0.717, 1.165) is 5.56 Å². The minimum Gasteiger partial charge on any atom is -0.394 e. The zero-order chi connectivity index (χ0) is 19.1. The molecule has 0 saturated heterocycles. The summed E-state index contributed by atoms with van der Waals surface area (Å²) in [6.07, 6.45) is -1.14. The number of rotatable bonds is 7. The number of amides is 1. The molecule has 1 aromatic carbocycles. The number of nitriles is 1. The Morgan fingerprint density at radius 3 is 2.85 bits per heavy atom. The molecule has 8 nitrogen and oxygen atoms in total. The molecular weight excluding hydrogens is 343 g/mol. The Labute approximate surface area is 148 Å². The Morgan fingerprint density at radius 2 is 2.19 bits per heavy atom. The summed E-state index contributed by atoms with van der Waals surface area (Å²) >= 11 is 0. The Kier molecular flexibility index (Phi) is 6.57. The lowest BCUT2D eigenvalue weighted by Crippen LogP contribution is -2.30. The summed E-state index contributed by atoms with van der Waals surface area (Å²) < 4.78 is 14.0. The Hall–Kier alpha value is -3.06. The van der Waals surface area contributed by atoms with Gasteiger partial charge in [-0.05, 0) is 36.8 Å². The van der Waals surface area contributed by atoms with Crippen molar-refractivity contribution in [1.82, 2.24) is 10.5 Å². The monoisotopic (exact) mass is 360 g/mol. The molecule has 0 bridgehead atoms. The van der Waals surface area contributed by atoms with E-state index in [0.29, 0.717) is 0 Å². The Bertz CT molecular complexity index is 838. The molecule has 26 heavy (non-hydrogen) atoms. The number of nitrogens with zero attached hydrogens (tertiary/aromatic N) is 2. The van der Waals surface area contributed by atoms with Crippen molar-refractivity contribution in [2.45, 2.75) is 13.0 Å². The first-order valence-electron chi connectivity index (χ1n) is 7.60. The summed E-state index contributed by atoms with van der Waals surface area (Å²) in [5, 5.41) is 29.6. The van der Waals surface area contributed by atoms with Crippen LogP contribution in [0.15, 0.2) is 30.3 Å². The molecule has 0 aliphatic rings. The summed E-state index contributed by atoms with van der Waals surface area (Å²) in [6.45, 7) is 0.896. The third-order valence-corrected chi connectivity index (χ3v) is 3.28. The van der Waals surface area contributed by atoms with E-state index in [1.165, 1.54) is 24.3 Å². The zero-order valence-corrected chi connectivity index (χ0v) is 13.9. The van der Waals surface area contributed by atoms with Gasteiger partial charge < -0.3 is 15.5 Å². The highest BCUT2D eigenvalue weighted by Gasteiger charge is 2.16. The molecular formula is C17H17FN4O4. The zero-order valence-electron chi connectivity index (χ0n) is 13.9. The van der Waals surface area contributed by atoms with Gasteiger partial charge in [0.2, 0.25) is 0 Å². The number of carbonyl (C=O) groups excluding carboxylic acids is 1. The summed E-state index contributed by atoms with van der Waals surface area (Å²) in [4.78, 5) is 21.0. The van der Waals surface area contributed by atoms with E-state index in [9.17, 15) is 14.3 Å². The molecule has 136 valence electrons. The molecule has 1 atom stereocenters. The fourth-order valence-corrected chi connectivity index (χ4v) is 1.96. The van der Waals surface area contributed by atoms with Gasteiger partial charge >= 0.3 is 0 Å². The van der Waals surface area contributed by atoms with E-state index in [4.69, 9.17) is 15.2 Å². The number of nitrogens with one attached hydrogen (secondary N) is 2. The quantitative estimate of drug-likeness (QED) is 0.546. The third kappa shape index (κ3) is 4.97. The maximum absolute atomic E-state index is 14.0. The van der Waals surface area contributed by atoms with E-state index in [2.05, 4.69) is 15.8 Å². The van der Waals surface area contributed by atoms with E-state index in [1.807, 2.05) is 6.07 Å². The van der Waals surface area contributed by atoms with E-state index < -0.39 is 24.4 Å². The number of carbonyl (C=O) groups is 1. The molecule has 2 aromatic rings. The molecule has 0 saturated carbocycles. The van der Waals surface area contributed by atoms with Crippen molar-refractivity contribution in [2.24, 2.45) is 0 Å². The van der Waals surface area contributed by atoms with Crippen molar-refractivity contribution in [3.63, 3.8) is 0 Å². The molecule has 1 aromatic heterocycles. The van der Waals surface area contributed by atoms with Crippen LogP contribution in [0.4, 0.5) is 15.9 Å². The van der Waals surface area contributed by atoms with E-state index in [-0.39, 0.29) is 29.4 Å². The fourth-order valence-electron chi connectivity index (χ4n) is 1.96. The molecule has 1 heterocycles. The van der Waals surface area contributed by atoms with Gasteiger partial charge in [0.25, 0.3) is 5.91 Å². The largest absolute Gasteiger partial charge is 0.394 e. The van der Waals surface area contributed by atoms with Gasteiger partial charge in [-0.25, -0.2) is 14.9 Å². The number of aryl methyl sites for hydroxylation is 1. The molecule has 0 fully saturated rings. The summed E-state index contributed by atoms with van der Waals surface area (Å²) in [6, 6.07) is 8.98. The first-order valence-corrected chi connectivity index (χ1v) is 7.60. The molecule has 0 aliphatic heterocycles. The molecule has 9 heteroatoms. The smallest absolute Gasteiger partial charge is 0.278 e. The first-order chi connectivity index (χ1) is 12.4. The van der Waals surface area contributed by atoms with Crippen LogP contribution in [0, 0.1) is 24.1 Å². The standard InChI is InChI=1S/C17H17FN4O4/c1-10-2-5-15(14(18)6-10)21-16-13(4-3-11(7-19)20-16)17(25)22-26-9-12(24)8-23/h2-6,12,23-24H,8-9H2,1H3,(H,20,21)(H,22,25)/t12-/m1/s1. The predicted octanol–water partition coefficient (Wildman–Crippen LogP) is 1.16. The minimum absolute atomic E-state index is 0.00228. The van der Waals surface area contributed by atoms with Crippen LogP contribution >= 0.6 is 0 Å². The number of aliphatic hydroxyl groups is 2. The molecule has 2 rings (SSSR count). The molecule has 0 unspecified atom stereocenters. The molecule has 0 spiro atoms. The molecule has 0 radical (unpaired) electrons. The number of halogens is 1. The molecule has 4 N–H and O–H groups in total. The second-order valence-corrected chi connectivity index (χ2v) is 5.39. The van der Waals surface area contributed by atoms with Gasteiger partial charge in [0.1, 0.15) is 36.1 Å². The van der Waals surface area contributed by atoms with Crippen LogP contribution < -0.4 is 10.8 Å². The number of benzene rings is 1. The van der Waals surface area contributed by atoms with Crippen LogP contribution in [0.25, 0.3) is 0 Å². The first kappa shape index (κ1) is 19.3. The topological polar surface area (TPSA) is 128 Å². The van der Waals surface area contributed by atoms with Crippen molar-refractivity contribution in [3.05, 3.63) is 53.0 Å². The average molecular weight is 360 g/mol. The highest BCUT2D eigenvalue weighted by Crippen LogP contribution is 2.23. The second kappa shape index (κ2) is 8.87. The van der Waals surface area contributed by atoms with E-state index in [1.54, 1.807) is 13.0 Å². The van der Waals surface area contributed by atoms with Gasteiger partial charge in [-0.1, -0.05) is 6.07 Å². The van der Waals surface area contributed by atoms with Crippen molar-refractivity contribution in [3.8, 4) is 6.07 Å². The molecule has 1 amide bonds. The van der Waals surface area contributed by atoms with Gasteiger partial charge in [0, 0.05) is 0 Å². The van der Waals surface area contributed by atoms with E-state index >= 15 is 0 Å². The molecule has 0 aliphatic carbocycles. The minimum atomic E-state index is -1.14. The van der Waals surface area contributed by atoms with Gasteiger partial charge in [0.15, 0.2) is 0 Å². The lowest BCUT2D eigenvalue weighted by atomic mass is 10.2. The maximum Gasteiger partial charge on any atom is 0.278 e. The van der Waals surface area contributed by atoms with Gasteiger partial charge in [0.05, 0.1) is 17.9 Å². The van der Waals surface area contributed by atoms with Crippen LogP contribution in [0.1, 0.15) is 21.6 Å². The van der Waals surface area contributed by atoms with Gasteiger partial charge in [-0.3, -0.25) is 9.63 Å². The Balaban J connectivity index is 2.23. The number of hydrogen-bond acceptors (Lipinski definition) is 7. The Morgan fingerprint density at radius 1 is 1.42 bits per heavy atom. The van der Waals surface area contributed by atoms with Crippen molar-refractivity contribution in [1.29, 1.82) is 5.26 Å². The van der Waals surface area contributed by atoms with Crippen molar-refractivity contribution < 1.29 is 24.2 Å². The number of pyridine rings is 1. The summed E-state index contributed by atoms with van der Waals surface area (Å²) in [7, 11) is 0. The number of anilines is 2. The highest BCUT2D eigenvalue weighted by atomic mass is 19.1. The lowest BCUT2D eigenvalue weighted by molar-refractivity contribution is -0.0295. The average Bonchev–Trinajstić information content (AvgIpc) is 2.63. The summed E-state index contributed by atoms with van der Waals surface area (Å²) in [5.74, 6) is -1.29. The van der Waals surface area contributed by atoms with Crippen LogP contribution in [0.2, 0.25) is 0 Å². The SMILES string of the molecule is Cc1ccc(Nc2nc(C#N)ccc2C(=O)NOC[C@H](O)CO)c(F)c1. The number of hydrogen-bond donors (Lipinski definition) is 4.